The number of rotatable bonds is 4. The van der Waals surface area contributed by atoms with Crippen LogP contribution >= 0.6 is 0 Å². The third-order valence-corrected chi connectivity index (χ3v) is 5.90. The van der Waals surface area contributed by atoms with Gasteiger partial charge in [0.2, 0.25) is 5.91 Å². The van der Waals surface area contributed by atoms with Crippen LogP contribution in [0.4, 0.5) is 4.39 Å². The van der Waals surface area contributed by atoms with Gasteiger partial charge in [-0.1, -0.05) is 42.8 Å². The van der Waals surface area contributed by atoms with E-state index in [1.807, 2.05) is 47.4 Å². The Kier molecular flexibility index (Phi) is 4.77. The first-order chi connectivity index (χ1) is 12.6. The molecule has 2 aromatic carbocycles. The summed E-state index contributed by atoms with van der Waals surface area (Å²) in [6.45, 7) is 0.744. The van der Waals surface area contributed by atoms with E-state index in [0.717, 1.165) is 43.4 Å². The summed E-state index contributed by atoms with van der Waals surface area (Å²) in [4.78, 5) is 14.7. The van der Waals surface area contributed by atoms with E-state index in [9.17, 15) is 9.18 Å². The maximum atomic E-state index is 14.3. The number of likely N-dealkylation sites (tertiary alicyclic amines) is 1. The topological polar surface area (TPSA) is 46.3 Å². The minimum absolute atomic E-state index is 0.00995. The van der Waals surface area contributed by atoms with Crippen LogP contribution in [0.2, 0.25) is 0 Å². The van der Waals surface area contributed by atoms with Crippen molar-refractivity contribution in [1.82, 2.24) is 4.90 Å². The van der Waals surface area contributed by atoms with Gasteiger partial charge in [0.1, 0.15) is 5.82 Å². The maximum absolute atomic E-state index is 14.3. The second-order valence-electron chi connectivity index (χ2n) is 7.56. The average molecular weight is 352 g/mol. The van der Waals surface area contributed by atoms with Crippen molar-refractivity contribution in [1.29, 1.82) is 0 Å². The highest BCUT2D eigenvalue weighted by atomic mass is 19.1. The van der Waals surface area contributed by atoms with Crippen molar-refractivity contribution < 1.29 is 9.18 Å². The molecule has 1 aliphatic carbocycles. The molecule has 2 aliphatic rings. The van der Waals surface area contributed by atoms with Gasteiger partial charge in [0.15, 0.2) is 0 Å². The van der Waals surface area contributed by atoms with Crippen LogP contribution in [0.15, 0.2) is 48.5 Å². The van der Waals surface area contributed by atoms with Gasteiger partial charge in [-0.2, -0.15) is 0 Å². The molecule has 3 nitrogen and oxygen atoms in total. The summed E-state index contributed by atoms with van der Waals surface area (Å²) in [7, 11) is 0. The first kappa shape index (κ1) is 17.2. The zero-order valence-electron chi connectivity index (χ0n) is 14.9. The number of halogens is 1. The van der Waals surface area contributed by atoms with Crippen LogP contribution in [0.1, 0.15) is 31.2 Å². The number of carbonyl (C=O) groups is 1. The molecule has 1 aliphatic heterocycles. The number of hydrogen-bond acceptors (Lipinski definition) is 2. The number of carbonyl (C=O) groups excluding carboxylic acids is 1. The largest absolute Gasteiger partial charge is 0.338 e. The molecule has 1 saturated heterocycles. The van der Waals surface area contributed by atoms with Gasteiger partial charge in [-0.3, -0.25) is 4.79 Å². The van der Waals surface area contributed by atoms with Crippen molar-refractivity contribution in [3.05, 3.63) is 59.9 Å². The molecule has 26 heavy (non-hydrogen) atoms. The molecular weight excluding hydrogens is 327 g/mol. The summed E-state index contributed by atoms with van der Waals surface area (Å²) in [6.07, 6.45) is 4.69. The third kappa shape index (κ3) is 3.26. The van der Waals surface area contributed by atoms with Crippen LogP contribution in [0, 0.1) is 11.7 Å². The second-order valence-corrected chi connectivity index (χ2v) is 7.56. The Morgan fingerprint density at radius 3 is 2.58 bits per heavy atom. The molecule has 2 unspecified atom stereocenters. The van der Waals surface area contributed by atoms with E-state index in [1.165, 1.54) is 6.07 Å². The van der Waals surface area contributed by atoms with E-state index in [2.05, 4.69) is 0 Å². The monoisotopic (exact) mass is 352 g/mol. The normalized spacial score (nSPS) is 23.1. The van der Waals surface area contributed by atoms with Crippen molar-refractivity contribution in [2.45, 2.75) is 44.2 Å². The quantitative estimate of drug-likeness (QED) is 0.911. The fourth-order valence-electron chi connectivity index (χ4n) is 4.08. The van der Waals surface area contributed by atoms with Gasteiger partial charge in [0.25, 0.3) is 0 Å². The smallest absolute Gasteiger partial charge is 0.225 e. The van der Waals surface area contributed by atoms with Crippen molar-refractivity contribution in [3.8, 4) is 11.1 Å². The molecule has 4 rings (SSSR count). The summed E-state index contributed by atoms with van der Waals surface area (Å²) in [5.74, 6) is 0.230. The molecule has 0 radical (unpaired) electrons. The SMILES string of the molecule is NC1CCN(C(=O)C2CCC2)C1Cc1ccc(F)c(-c2ccccc2)c1. The van der Waals surface area contributed by atoms with Crippen molar-refractivity contribution in [2.75, 3.05) is 6.54 Å². The third-order valence-electron chi connectivity index (χ3n) is 5.90. The van der Waals surface area contributed by atoms with E-state index in [-0.39, 0.29) is 29.7 Å². The molecule has 0 spiro atoms. The number of benzene rings is 2. The van der Waals surface area contributed by atoms with Gasteiger partial charge in [-0.25, -0.2) is 4.39 Å². The summed E-state index contributed by atoms with van der Waals surface area (Å²) in [5, 5.41) is 0. The van der Waals surface area contributed by atoms with Gasteiger partial charge in [0.05, 0.1) is 6.04 Å². The lowest BCUT2D eigenvalue weighted by molar-refractivity contribution is -0.139. The standard InChI is InChI=1S/C22H25FN2O/c23-19-10-9-15(13-18(19)16-5-2-1-3-6-16)14-21-20(24)11-12-25(21)22(26)17-7-4-8-17/h1-3,5-6,9-10,13,17,20-21H,4,7-8,11-12,14,24H2. The molecule has 0 aromatic heterocycles. The summed E-state index contributed by atoms with van der Waals surface area (Å²) in [6, 6.07) is 14.8. The van der Waals surface area contributed by atoms with Gasteiger partial charge < -0.3 is 10.6 Å². The summed E-state index contributed by atoms with van der Waals surface area (Å²) in [5.41, 5.74) is 8.82. The minimum atomic E-state index is -0.224. The number of hydrogen-bond donors (Lipinski definition) is 1. The van der Waals surface area contributed by atoms with Crippen LogP contribution in [-0.4, -0.2) is 29.4 Å². The molecule has 0 bridgehead atoms. The molecule has 136 valence electrons. The van der Waals surface area contributed by atoms with Gasteiger partial charge in [-0.05, 0) is 48.9 Å². The van der Waals surface area contributed by atoms with E-state index in [1.54, 1.807) is 0 Å². The molecule has 2 N–H and O–H groups in total. The van der Waals surface area contributed by atoms with Crippen molar-refractivity contribution in [2.24, 2.45) is 11.7 Å². The van der Waals surface area contributed by atoms with E-state index in [0.29, 0.717) is 12.0 Å². The zero-order chi connectivity index (χ0) is 18.1. The molecular formula is C22H25FN2O. The molecule has 1 saturated carbocycles. The predicted molar refractivity (Wildman–Crippen MR) is 101 cm³/mol. The lowest BCUT2D eigenvalue weighted by atomic mass is 9.84. The Balaban J connectivity index is 1.56. The molecule has 2 fully saturated rings. The Morgan fingerprint density at radius 1 is 1.12 bits per heavy atom. The minimum Gasteiger partial charge on any atom is -0.338 e. The van der Waals surface area contributed by atoms with E-state index in [4.69, 9.17) is 5.73 Å². The Hall–Kier alpha value is -2.20. The molecule has 1 heterocycles. The lowest BCUT2D eigenvalue weighted by Crippen LogP contribution is -2.47. The maximum Gasteiger partial charge on any atom is 0.225 e. The second kappa shape index (κ2) is 7.20. The average Bonchev–Trinajstić information content (AvgIpc) is 2.96. The van der Waals surface area contributed by atoms with Crippen LogP contribution < -0.4 is 5.73 Å². The first-order valence-corrected chi connectivity index (χ1v) is 9.53. The van der Waals surface area contributed by atoms with Gasteiger partial charge in [-0.15, -0.1) is 0 Å². The fraction of sp³-hybridized carbons (Fsp3) is 0.409. The summed E-state index contributed by atoms with van der Waals surface area (Å²) >= 11 is 0. The predicted octanol–water partition coefficient (Wildman–Crippen LogP) is 3.76. The van der Waals surface area contributed by atoms with E-state index < -0.39 is 0 Å². The Bertz CT molecular complexity index is 788. The van der Waals surface area contributed by atoms with Gasteiger partial charge in [0, 0.05) is 24.1 Å². The van der Waals surface area contributed by atoms with Gasteiger partial charge >= 0.3 is 0 Å². The van der Waals surface area contributed by atoms with Crippen LogP contribution in [0.25, 0.3) is 11.1 Å². The fourth-order valence-corrected chi connectivity index (χ4v) is 4.08. The molecule has 4 heteroatoms. The van der Waals surface area contributed by atoms with Crippen molar-refractivity contribution >= 4 is 5.91 Å². The highest BCUT2D eigenvalue weighted by Gasteiger charge is 2.39. The van der Waals surface area contributed by atoms with Crippen LogP contribution in [0.3, 0.4) is 0 Å². The van der Waals surface area contributed by atoms with E-state index >= 15 is 0 Å². The number of nitrogens with two attached hydrogens (primary N) is 1. The molecule has 2 aromatic rings. The number of amides is 1. The molecule has 1 amide bonds. The Labute approximate surface area is 154 Å². The first-order valence-electron chi connectivity index (χ1n) is 9.53. The summed E-state index contributed by atoms with van der Waals surface area (Å²) < 4.78 is 14.3. The molecule has 2 atom stereocenters. The van der Waals surface area contributed by atoms with Crippen LogP contribution in [-0.2, 0) is 11.2 Å². The lowest BCUT2D eigenvalue weighted by Gasteiger charge is -2.34. The van der Waals surface area contributed by atoms with Crippen LogP contribution in [0.5, 0.6) is 0 Å². The van der Waals surface area contributed by atoms with Crippen molar-refractivity contribution in [3.63, 3.8) is 0 Å². The Morgan fingerprint density at radius 2 is 1.88 bits per heavy atom. The highest BCUT2D eigenvalue weighted by molar-refractivity contribution is 5.80. The number of nitrogens with zero attached hydrogens (tertiary/aromatic N) is 1. The highest BCUT2D eigenvalue weighted by Crippen LogP contribution is 2.32. The zero-order valence-corrected chi connectivity index (χ0v) is 14.9.